The molecule has 2 radical (unpaired) electrons. The monoisotopic (exact) mass is 228 g/mol. The van der Waals surface area contributed by atoms with Gasteiger partial charge in [-0.3, -0.25) is 0 Å². The second kappa shape index (κ2) is 5.49. The minimum atomic E-state index is -1.31. The number of nitrogens with two attached hydrogens (primary N) is 1. The highest BCUT2D eigenvalue weighted by Gasteiger charge is 2.44. The zero-order valence-electron chi connectivity index (χ0n) is 8.42. The van der Waals surface area contributed by atoms with E-state index in [1.54, 1.807) is 0 Å². The molecule has 5 N–H and O–H groups in total. The van der Waals surface area contributed by atoms with E-state index in [4.69, 9.17) is 29.0 Å². The number of aliphatic hydroxyl groups is 3. The Labute approximate surface area is 93.0 Å². The van der Waals surface area contributed by atoms with E-state index in [1.165, 1.54) is 0 Å². The van der Waals surface area contributed by atoms with E-state index < -0.39 is 43.0 Å². The molecule has 0 aromatic heterocycles. The molecular formula is C7H13BN4O4. The van der Waals surface area contributed by atoms with Crippen LogP contribution in [0.15, 0.2) is 5.11 Å². The number of hydrogen-bond acceptors (Lipinski definition) is 6. The van der Waals surface area contributed by atoms with Crippen LogP contribution in [0.1, 0.15) is 0 Å². The lowest BCUT2D eigenvalue weighted by Gasteiger charge is -2.42. The normalized spacial score (nSPS) is 41.1. The van der Waals surface area contributed by atoms with Crippen LogP contribution < -0.4 is 5.73 Å². The Morgan fingerprint density at radius 1 is 1.50 bits per heavy atom. The molecule has 0 aliphatic carbocycles. The Hall–Kier alpha value is -0.825. The third-order valence-corrected chi connectivity index (χ3v) is 2.49. The molecule has 1 aliphatic heterocycles. The fourth-order valence-corrected chi connectivity index (χ4v) is 1.64. The van der Waals surface area contributed by atoms with E-state index in [-0.39, 0.29) is 0 Å². The average Bonchev–Trinajstić information content (AvgIpc) is 2.24. The number of azide groups is 1. The minimum Gasteiger partial charge on any atom is -0.394 e. The summed E-state index contributed by atoms with van der Waals surface area (Å²) in [4.78, 5) is 2.51. The molecule has 0 aromatic rings. The molecule has 1 aliphatic rings. The van der Waals surface area contributed by atoms with Crippen molar-refractivity contribution in [3.8, 4) is 0 Å². The Bertz CT molecular complexity index is 286. The maximum atomic E-state index is 9.72. The molecule has 0 saturated carbocycles. The van der Waals surface area contributed by atoms with Crippen LogP contribution >= 0.6 is 0 Å². The SMILES string of the molecule is [B]C(N)[C@H]1OC(CO)[C@H](O)[C@H](N=[N+]=[N-])C1O. The van der Waals surface area contributed by atoms with Gasteiger partial charge in [-0.15, -0.1) is 0 Å². The molecule has 1 saturated heterocycles. The van der Waals surface area contributed by atoms with Crippen molar-refractivity contribution in [2.24, 2.45) is 10.8 Å². The van der Waals surface area contributed by atoms with Gasteiger partial charge in [0.25, 0.3) is 0 Å². The van der Waals surface area contributed by atoms with Crippen molar-refractivity contribution in [1.82, 2.24) is 0 Å². The largest absolute Gasteiger partial charge is 0.394 e. The number of rotatable bonds is 3. The zero-order valence-corrected chi connectivity index (χ0v) is 8.42. The lowest BCUT2D eigenvalue weighted by Crippen LogP contribution is -2.62. The Balaban J connectivity index is 2.92. The standard InChI is InChI=1S/C7H13BN4O4/c8-7(9)6-5(15)3(11-12-10)4(14)2(1-13)16-6/h2-7,13-15H,1,9H2/t2?,3-,4-,5?,6-,7?/m0/s1. The van der Waals surface area contributed by atoms with Gasteiger partial charge in [0, 0.05) is 4.91 Å². The third-order valence-electron chi connectivity index (χ3n) is 2.49. The molecule has 88 valence electrons. The number of ether oxygens (including phenoxy) is 1. The number of nitrogens with zero attached hydrogens (tertiary/aromatic N) is 3. The first-order valence-corrected chi connectivity index (χ1v) is 4.70. The highest BCUT2D eigenvalue weighted by atomic mass is 16.5. The second-order valence-corrected chi connectivity index (χ2v) is 3.58. The lowest BCUT2D eigenvalue weighted by atomic mass is 9.82. The van der Waals surface area contributed by atoms with Crippen molar-refractivity contribution in [3.05, 3.63) is 10.4 Å². The lowest BCUT2D eigenvalue weighted by molar-refractivity contribution is -0.188. The van der Waals surface area contributed by atoms with Gasteiger partial charge >= 0.3 is 0 Å². The van der Waals surface area contributed by atoms with E-state index in [0.29, 0.717) is 0 Å². The number of aliphatic hydroxyl groups excluding tert-OH is 3. The Morgan fingerprint density at radius 2 is 2.12 bits per heavy atom. The predicted octanol–water partition coefficient (Wildman–Crippen LogP) is -2.40. The molecule has 1 heterocycles. The first-order chi connectivity index (χ1) is 7.52. The molecule has 1 rings (SSSR count). The van der Waals surface area contributed by atoms with Gasteiger partial charge in [-0.2, -0.15) is 0 Å². The van der Waals surface area contributed by atoms with Crippen LogP contribution in [0.5, 0.6) is 0 Å². The van der Waals surface area contributed by atoms with Crippen molar-refractivity contribution in [1.29, 1.82) is 0 Å². The maximum absolute atomic E-state index is 9.72. The summed E-state index contributed by atoms with van der Waals surface area (Å²) in [6.45, 7) is -0.492. The van der Waals surface area contributed by atoms with Gasteiger partial charge in [0.05, 0.1) is 38.8 Å². The molecule has 3 unspecified atom stereocenters. The van der Waals surface area contributed by atoms with Gasteiger partial charge in [-0.25, -0.2) is 0 Å². The summed E-state index contributed by atoms with van der Waals surface area (Å²) in [6.07, 6.45) is -4.60. The maximum Gasteiger partial charge on any atom is 0.107 e. The van der Waals surface area contributed by atoms with Crippen molar-refractivity contribution < 1.29 is 20.1 Å². The van der Waals surface area contributed by atoms with Crippen LogP contribution in [0.3, 0.4) is 0 Å². The second-order valence-electron chi connectivity index (χ2n) is 3.58. The van der Waals surface area contributed by atoms with E-state index in [1.807, 2.05) is 0 Å². The van der Waals surface area contributed by atoms with Gasteiger partial charge < -0.3 is 25.8 Å². The van der Waals surface area contributed by atoms with Crippen LogP contribution in [0.4, 0.5) is 0 Å². The average molecular weight is 228 g/mol. The van der Waals surface area contributed by atoms with Crippen LogP contribution in [-0.4, -0.2) is 66.2 Å². The molecule has 9 heteroatoms. The van der Waals surface area contributed by atoms with E-state index in [2.05, 4.69) is 10.0 Å². The van der Waals surface area contributed by atoms with Crippen LogP contribution in [-0.2, 0) is 4.74 Å². The fourth-order valence-electron chi connectivity index (χ4n) is 1.64. The van der Waals surface area contributed by atoms with Gasteiger partial charge in [-0.1, -0.05) is 5.11 Å². The number of hydrogen-bond donors (Lipinski definition) is 4. The third kappa shape index (κ3) is 2.46. The van der Waals surface area contributed by atoms with Crippen LogP contribution in [0, 0.1) is 0 Å². The van der Waals surface area contributed by atoms with Crippen molar-refractivity contribution in [2.75, 3.05) is 6.61 Å². The van der Waals surface area contributed by atoms with Gasteiger partial charge in [0.1, 0.15) is 6.10 Å². The molecular weight excluding hydrogens is 215 g/mol. The van der Waals surface area contributed by atoms with Crippen LogP contribution in [0.2, 0.25) is 0 Å². The van der Waals surface area contributed by atoms with E-state index in [9.17, 15) is 10.2 Å². The summed E-state index contributed by atoms with van der Waals surface area (Å²) in [6, 6.07) is -1.14. The molecule has 16 heavy (non-hydrogen) atoms. The summed E-state index contributed by atoms with van der Waals surface area (Å²) in [7, 11) is 5.37. The molecule has 0 amide bonds. The Kier molecular flexibility index (Phi) is 4.54. The predicted molar refractivity (Wildman–Crippen MR) is 54.4 cm³/mol. The smallest absolute Gasteiger partial charge is 0.107 e. The summed E-state index contributed by atoms with van der Waals surface area (Å²) in [5.41, 5.74) is 13.7. The van der Waals surface area contributed by atoms with Gasteiger partial charge in [0.15, 0.2) is 0 Å². The molecule has 8 nitrogen and oxygen atoms in total. The highest BCUT2D eigenvalue weighted by Crippen LogP contribution is 2.24. The van der Waals surface area contributed by atoms with Crippen LogP contribution in [0.25, 0.3) is 10.4 Å². The molecule has 1 fully saturated rings. The molecule has 0 bridgehead atoms. The summed E-state index contributed by atoms with van der Waals surface area (Å²) in [5, 5.41) is 31.6. The van der Waals surface area contributed by atoms with E-state index in [0.717, 1.165) is 0 Å². The quantitative estimate of drug-likeness (QED) is 0.184. The minimum absolute atomic E-state index is 0.492. The zero-order chi connectivity index (χ0) is 12.3. The van der Waals surface area contributed by atoms with E-state index >= 15 is 0 Å². The summed E-state index contributed by atoms with van der Waals surface area (Å²) >= 11 is 0. The molecule has 0 spiro atoms. The first-order valence-electron chi connectivity index (χ1n) is 4.70. The Morgan fingerprint density at radius 3 is 2.56 bits per heavy atom. The summed E-state index contributed by atoms with van der Waals surface area (Å²) < 4.78 is 5.11. The topological polar surface area (TPSA) is 145 Å². The van der Waals surface area contributed by atoms with Crippen molar-refractivity contribution >= 4 is 7.85 Å². The highest BCUT2D eigenvalue weighted by molar-refractivity contribution is 6.12. The van der Waals surface area contributed by atoms with Crippen molar-refractivity contribution in [3.63, 3.8) is 0 Å². The molecule has 6 atom stereocenters. The summed E-state index contributed by atoms with van der Waals surface area (Å²) in [5.74, 6) is -1.01. The first kappa shape index (κ1) is 13.2. The van der Waals surface area contributed by atoms with Gasteiger partial charge in [-0.05, 0) is 11.5 Å². The molecule has 0 aromatic carbocycles. The van der Waals surface area contributed by atoms with Gasteiger partial charge in [0.2, 0.25) is 0 Å². The van der Waals surface area contributed by atoms with Crippen molar-refractivity contribution in [2.45, 2.75) is 36.4 Å². The fraction of sp³-hybridized carbons (Fsp3) is 1.00.